The van der Waals surface area contributed by atoms with E-state index in [0.717, 1.165) is 23.6 Å². The molecule has 33 heavy (non-hydrogen) atoms. The quantitative estimate of drug-likeness (QED) is 0.506. The van der Waals surface area contributed by atoms with Crippen LogP contribution in [0.15, 0.2) is 43.0 Å². The third-order valence-corrected chi connectivity index (χ3v) is 5.61. The smallest absolute Gasteiger partial charge is 0.354 e. The first kappa shape index (κ1) is 21.3. The van der Waals surface area contributed by atoms with Crippen LogP contribution < -0.4 is 10.6 Å². The Morgan fingerprint density at radius 2 is 1.91 bits per heavy atom. The second-order valence-electron chi connectivity index (χ2n) is 8.12. The number of rotatable bonds is 3. The summed E-state index contributed by atoms with van der Waals surface area (Å²) in [6.45, 7) is 2.62. The minimum Gasteiger partial charge on any atom is -0.354 e. The summed E-state index contributed by atoms with van der Waals surface area (Å²) in [5.41, 5.74) is 7.81. The van der Waals surface area contributed by atoms with Gasteiger partial charge in [0.1, 0.15) is 11.5 Å². The zero-order valence-corrected chi connectivity index (χ0v) is 17.8. The molecule has 0 aromatic carbocycles. The predicted octanol–water partition coefficient (Wildman–Crippen LogP) is 3.53. The van der Waals surface area contributed by atoms with Gasteiger partial charge in [-0.2, -0.15) is 18.3 Å². The lowest BCUT2D eigenvalue weighted by Crippen LogP contribution is -2.44. The molecule has 4 aromatic rings. The van der Waals surface area contributed by atoms with Crippen molar-refractivity contribution in [3.63, 3.8) is 0 Å². The summed E-state index contributed by atoms with van der Waals surface area (Å²) in [4.78, 5) is 19.0. The van der Waals surface area contributed by atoms with Gasteiger partial charge in [-0.15, -0.1) is 0 Å². The average molecular weight is 454 g/mol. The molecule has 1 saturated heterocycles. The minimum atomic E-state index is -4.53. The van der Waals surface area contributed by atoms with Crippen LogP contribution in [0.1, 0.15) is 24.1 Å². The van der Waals surface area contributed by atoms with E-state index in [1.165, 1.54) is 10.7 Å². The molecule has 5 heterocycles. The Balaban J connectivity index is 1.62. The fraction of sp³-hybridized carbons (Fsp3) is 0.318. The topological polar surface area (TPSA) is 98.6 Å². The molecule has 0 saturated carbocycles. The highest BCUT2D eigenvalue weighted by atomic mass is 19.4. The van der Waals surface area contributed by atoms with Crippen LogP contribution in [0.4, 0.5) is 19.0 Å². The molecule has 1 unspecified atom stereocenters. The zero-order valence-electron chi connectivity index (χ0n) is 17.8. The second-order valence-corrected chi connectivity index (χ2v) is 8.12. The third-order valence-electron chi connectivity index (χ3n) is 5.61. The largest absolute Gasteiger partial charge is 0.419 e. The Bertz CT molecular complexity index is 1320. The first-order valence-electron chi connectivity index (χ1n) is 10.5. The number of hydrogen-bond donors (Lipinski definition) is 1. The number of hydrogen-bond acceptors (Lipinski definition) is 7. The second kappa shape index (κ2) is 8.07. The van der Waals surface area contributed by atoms with Gasteiger partial charge in [-0.1, -0.05) is 0 Å². The van der Waals surface area contributed by atoms with Crippen LogP contribution >= 0.6 is 0 Å². The van der Waals surface area contributed by atoms with Crippen LogP contribution in [-0.4, -0.2) is 48.8 Å². The van der Waals surface area contributed by atoms with E-state index in [0.29, 0.717) is 36.4 Å². The number of nitrogens with zero attached hydrogens (tertiary/aromatic N) is 7. The number of piperidine rings is 1. The number of alkyl halides is 3. The molecule has 4 aromatic heterocycles. The van der Waals surface area contributed by atoms with E-state index >= 15 is 0 Å². The van der Waals surface area contributed by atoms with Gasteiger partial charge in [0.25, 0.3) is 0 Å². The molecule has 11 heteroatoms. The average Bonchev–Trinajstić information content (AvgIpc) is 3.21. The van der Waals surface area contributed by atoms with Crippen molar-refractivity contribution >= 4 is 16.7 Å². The number of halogens is 3. The lowest BCUT2D eigenvalue weighted by Gasteiger charge is -2.33. The lowest BCUT2D eigenvalue weighted by molar-refractivity contribution is -0.137. The van der Waals surface area contributed by atoms with E-state index in [-0.39, 0.29) is 17.7 Å². The van der Waals surface area contributed by atoms with E-state index in [1.807, 2.05) is 6.92 Å². The molecule has 1 aliphatic heterocycles. The van der Waals surface area contributed by atoms with Crippen molar-refractivity contribution in [3.8, 4) is 17.2 Å². The van der Waals surface area contributed by atoms with Crippen molar-refractivity contribution in [2.45, 2.75) is 32.0 Å². The maximum absolute atomic E-state index is 13.8. The molecule has 1 fully saturated rings. The van der Waals surface area contributed by atoms with Crippen LogP contribution in [-0.2, 0) is 6.18 Å². The highest BCUT2D eigenvalue weighted by Gasteiger charge is 2.37. The van der Waals surface area contributed by atoms with Gasteiger partial charge >= 0.3 is 6.18 Å². The molecule has 0 aliphatic carbocycles. The summed E-state index contributed by atoms with van der Waals surface area (Å²) >= 11 is 0. The molecule has 2 N–H and O–H groups in total. The Morgan fingerprint density at radius 1 is 1.06 bits per heavy atom. The Morgan fingerprint density at radius 3 is 2.67 bits per heavy atom. The monoisotopic (exact) mass is 454 g/mol. The number of aromatic nitrogens is 6. The fourth-order valence-corrected chi connectivity index (χ4v) is 4.05. The van der Waals surface area contributed by atoms with Crippen molar-refractivity contribution in [3.05, 3.63) is 54.2 Å². The fourth-order valence-electron chi connectivity index (χ4n) is 4.05. The van der Waals surface area contributed by atoms with Gasteiger partial charge in [0, 0.05) is 36.9 Å². The van der Waals surface area contributed by atoms with Crippen molar-refractivity contribution in [2.75, 3.05) is 18.0 Å². The molecule has 8 nitrogen and oxygen atoms in total. The molecule has 1 atom stereocenters. The first-order valence-corrected chi connectivity index (χ1v) is 10.5. The lowest BCUT2D eigenvalue weighted by atomic mass is 10.1. The van der Waals surface area contributed by atoms with E-state index in [2.05, 4.69) is 25.0 Å². The highest BCUT2D eigenvalue weighted by Crippen LogP contribution is 2.37. The van der Waals surface area contributed by atoms with Gasteiger partial charge in [-0.3, -0.25) is 9.97 Å². The van der Waals surface area contributed by atoms with Crippen LogP contribution in [0.5, 0.6) is 0 Å². The van der Waals surface area contributed by atoms with Crippen LogP contribution in [0, 0.1) is 6.92 Å². The van der Waals surface area contributed by atoms with Gasteiger partial charge in [-0.05, 0) is 38.0 Å². The normalized spacial score (nSPS) is 17.0. The van der Waals surface area contributed by atoms with Crippen molar-refractivity contribution < 1.29 is 13.2 Å². The van der Waals surface area contributed by atoms with Crippen LogP contribution in [0.2, 0.25) is 0 Å². The molecule has 0 amide bonds. The summed E-state index contributed by atoms with van der Waals surface area (Å²) in [6.07, 6.45) is 3.45. The van der Waals surface area contributed by atoms with Crippen molar-refractivity contribution in [1.29, 1.82) is 0 Å². The molecule has 1 aliphatic rings. The SMILES string of the molecule is Cc1cncc(-c2cc3c(cn2)cnn3-c2ccc(C(F)(F)F)c(N3CCCC(N)C3)n2)n1. The molecule has 0 bridgehead atoms. The number of aryl methyl sites for hydroxylation is 1. The van der Waals surface area contributed by atoms with Gasteiger partial charge in [0.2, 0.25) is 0 Å². The van der Waals surface area contributed by atoms with E-state index in [9.17, 15) is 13.2 Å². The standard InChI is InChI=1S/C22H21F3N8/c1-13-8-27-11-18(30-13)17-7-19-14(9-28-17)10-29-33(19)20-5-4-16(22(23,24)25)21(31-20)32-6-2-3-15(26)12-32/h4-5,7-11,15H,2-3,6,12,26H2,1H3. The number of anilines is 1. The zero-order chi connectivity index (χ0) is 23.2. The number of fused-ring (bicyclic) bond motifs is 1. The van der Waals surface area contributed by atoms with Crippen molar-refractivity contribution in [1.82, 2.24) is 29.7 Å². The molecular weight excluding hydrogens is 433 g/mol. The maximum atomic E-state index is 13.8. The van der Waals surface area contributed by atoms with Gasteiger partial charge in [-0.25, -0.2) is 14.6 Å². The summed E-state index contributed by atoms with van der Waals surface area (Å²) < 4.78 is 42.8. The van der Waals surface area contributed by atoms with E-state index in [1.54, 1.807) is 35.8 Å². The summed E-state index contributed by atoms with van der Waals surface area (Å²) in [5, 5.41) is 5.09. The third kappa shape index (κ3) is 4.11. The number of nitrogens with two attached hydrogens (primary N) is 1. The molecule has 5 rings (SSSR count). The van der Waals surface area contributed by atoms with Gasteiger partial charge < -0.3 is 10.6 Å². The summed E-state index contributed by atoms with van der Waals surface area (Å²) in [5.74, 6) is 0.150. The first-order chi connectivity index (χ1) is 15.8. The molecule has 170 valence electrons. The van der Waals surface area contributed by atoms with E-state index in [4.69, 9.17) is 5.73 Å². The Kier molecular flexibility index (Phi) is 5.20. The molecular formula is C22H21F3N8. The summed E-state index contributed by atoms with van der Waals surface area (Å²) in [7, 11) is 0. The van der Waals surface area contributed by atoms with Crippen molar-refractivity contribution in [2.24, 2.45) is 5.73 Å². The highest BCUT2D eigenvalue weighted by molar-refractivity contribution is 5.82. The van der Waals surface area contributed by atoms with Gasteiger partial charge in [0.15, 0.2) is 5.82 Å². The van der Waals surface area contributed by atoms with Crippen LogP contribution in [0.3, 0.4) is 0 Å². The van der Waals surface area contributed by atoms with Gasteiger partial charge in [0.05, 0.1) is 34.9 Å². The summed E-state index contributed by atoms with van der Waals surface area (Å²) in [6, 6.07) is 3.97. The molecule has 0 radical (unpaired) electrons. The number of pyridine rings is 2. The molecule has 0 spiro atoms. The van der Waals surface area contributed by atoms with E-state index < -0.39 is 11.7 Å². The predicted molar refractivity (Wildman–Crippen MR) is 117 cm³/mol. The van der Waals surface area contributed by atoms with Crippen LogP contribution in [0.25, 0.3) is 28.1 Å². The minimum absolute atomic E-state index is 0.127. The maximum Gasteiger partial charge on any atom is 0.419 e. The Labute approximate surface area is 187 Å². The Hall–Kier alpha value is -3.60.